The Balaban J connectivity index is 3.26. The summed E-state index contributed by atoms with van der Waals surface area (Å²) in [6.07, 6.45) is 0. The fraction of sp³-hybridized carbons (Fsp3) is 0.273. The van der Waals surface area contributed by atoms with Gasteiger partial charge in [-0.1, -0.05) is 0 Å². The van der Waals surface area contributed by atoms with Crippen LogP contribution in [0.2, 0.25) is 0 Å². The Bertz CT molecular complexity index is 514. The number of carbonyl (C=O) groups is 2. The molecule has 0 amide bonds. The van der Waals surface area contributed by atoms with E-state index in [1.165, 1.54) is 0 Å². The van der Waals surface area contributed by atoms with Crippen molar-refractivity contribution < 1.29 is 23.6 Å². The molecule has 7 heteroatoms. The molecule has 0 radical (unpaired) electrons. The zero-order valence-corrected chi connectivity index (χ0v) is 9.68. The van der Waals surface area contributed by atoms with Crippen molar-refractivity contribution in [2.75, 3.05) is 7.11 Å². The lowest BCUT2D eigenvalue weighted by Gasteiger charge is -2.12. The summed E-state index contributed by atoms with van der Waals surface area (Å²) in [4.78, 5) is 32.4. The molecule has 0 fully saturated rings. The predicted molar refractivity (Wildman–Crippen MR) is 58.5 cm³/mol. The van der Waals surface area contributed by atoms with Crippen LogP contribution in [0.25, 0.3) is 0 Å². The highest BCUT2D eigenvalue weighted by atomic mass is 19.1. The fourth-order valence-corrected chi connectivity index (χ4v) is 1.49. The van der Waals surface area contributed by atoms with Crippen molar-refractivity contribution in [1.82, 2.24) is 0 Å². The van der Waals surface area contributed by atoms with Gasteiger partial charge in [-0.05, 0) is 13.0 Å². The molecule has 1 aromatic carbocycles. The van der Waals surface area contributed by atoms with Gasteiger partial charge in [0, 0.05) is 11.6 Å². The average molecular weight is 255 g/mol. The molecule has 0 spiro atoms. The topological polar surface area (TPSA) is 86.5 Å². The van der Waals surface area contributed by atoms with E-state index in [-0.39, 0.29) is 5.56 Å². The minimum Gasteiger partial charge on any atom is -0.468 e. The molecule has 96 valence electrons. The van der Waals surface area contributed by atoms with Crippen LogP contribution < -0.4 is 0 Å². The summed E-state index contributed by atoms with van der Waals surface area (Å²) < 4.78 is 18.1. The Hall–Kier alpha value is -2.31. The highest BCUT2D eigenvalue weighted by molar-refractivity contribution is 6.03. The number of rotatable bonds is 4. The van der Waals surface area contributed by atoms with Gasteiger partial charge in [-0.3, -0.25) is 19.7 Å². The summed E-state index contributed by atoms with van der Waals surface area (Å²) in [6, 6.07) is 2.72. The van der Waals surface area contributed by atoms with Gasteiger partial charge in [0.1, 0.15) is 17.5 Å². The molecule has 0 heterocycles. The van der Waals surface area contributed by atoms with Gasteiger partial charge in [-0.15, -0.1) is 0 Å². The quantitative estimate of drug-likeness (QED) is 0.353. The Morgan fingerprint density at radius 1 is 1.44 bits per heavy atom. The zero-order chi connectivity index (χ0) is 13.9. The van der Waals surface area contributed by atoms with Gasteiger partial charge in [0.15, 0.2) is 0 Å². The maximum Gasteiger partial charge on any atom is 0.320 e. The number of halogens is 1. The molecule has 1 unspecified atom stereocenters. The van der Waals surface area contributed by atoms with Gasteiger partial charge >= 0.3 is 5.97 Å². The molecule has 0 saturated carbocycles. The Kier molecular flexibility index (Phi) is 4.09. The van der Waals surface area contributed by atoms with Gasteiger partial charge < -0.3 is 4.74 Å². The molecule has 0 bridgehead atoms. The summed E-state index contributed by atoms with van der Waals surface area (Å²) >= 11 is 0. The second-order valence-electron chi connectivity index (χ2n) is 3.53. The third-order valence-corrected chi connectivity index (χ3v) is 2.35. The van der Waals surface area contributed by atoms with Crippen LogP contribution in [0.1, 0.15) is 18.4 Å². The molecule has 0 aliphatic carbocycles. The first-order valence-corrected chi connectivity index (χ1v) is 4.90. The normalized spacial score (nSPS) is 11.7. The van der Waals surface area contributed by atoms with Crippen molar-refractivity contribution in [3.8, 4) is 0 Å². The van der Waals surface area contributed by atoms with Crippen LogP contribution in [0, 0.1) is 15.9 Å². The predicted octanol–water partition coefficient (Wildman–Crippen LogP) is 1.58. The van der Waals surface area contributed by atoms with Crippen molar-refractivity contribution in [3.05, 3.63) is 39.7 Å². The summed E-state index contributed by atoms with van der Waals surface area (Å²) in [5, 5.41) is 10.4. The molecule has 1 rings (SSSR count). The molecule has 1 aromatic rings. The van der Waals surface area contributed by atoms with E-state index in [9.17, 15) is 24.1 Å². The number of non-ortho nitro benzene ring substituents is 1. The van der Waals surface area contributed by atoms with E-state index in [4.69, 9.17) is 0 Å². The largest absolute Gasteiger partial charge is 0.468 e. The first kappa shape index (κ1) is 13.8. The number of hydrogen-bond acceptors (Lipinski definition) is 5. The molecule has 0 aromatic heterocycles. The molecular weight excluding hydrogens is 245 g/mol. The maximum atomic E-state index is 13.7. The first-order chi connectivity index (χ1) is 8.38. The van der Waals surface area contributed by atoms with Crippen LogP contribution in [0.4, 0.5) is 10.1 Å². The number of ether oxygens (including phenoxy) is 1. The van der Waals surface area contributed by atoms with E-state index in [1.807, 2.05) is 0 Å². The van der Waals surface area contributed by atoms with Crippen LogP contribution in [0.3, 0.4) is 0 Å². The van der Waals surface area contributed by atoms with Crippen LogP contribution in [-0.2, 0) is 14.3 Å². The number of ketones is 1. The number of methoxy groups -OCH3 is 1. The van der Waals surface area contributed by atoms with Crippen molar-refractivity contribution in [2.45, 2.75) is 12.8 Å². The fourth-order valence-electron chi connectivity index (χ4n) is 1.49. The summed E-state index contributed by atoms with van der Waals surface area (Å²) in [5.41, 5.74) is -0.691. The van der Waals surface area contributed by atoms with Gasteiger partial charge in [0.25, 0.3) is 5.69 Å². The van der Waals surface area contributed by atoms with Crippen molar-refractivity contribution in [1.29, 1.82) is 0 Å². The first-order valence-electron chi connectivity index (χ1n) is 4.90. The van der Waals surface area contributed by atoms with Crippen LogP contribution >= 0.6 is 0 Å². The smallest absolute Gasteiger partial charge is 0.320 e. The Morgan fingerprint density at radius 2 is 2.06 bits per heavy atom. The van der Waals surface area contributed by atoms with Crippen LogP contribution in [0.5, 0.6) is 0 Å². The molecule has 6 nitrogen and oxygen atoms in total. The molecule has 0 saturated heterocycles. The van der Waals surface area contributed by atoms with Crippen molar-refractivity contribution in [2.24, 2.45) is 0 Å². The van der Waals surface area contributed by atoms with E-state index in [0.29, 0.717) is 6.07 Å². The molecule has 1 atom stereocenters. The summed E-state index contributed by atoms with van der Waals surface area (Å²) in [7, 11) is 1.07. The van der Waals surface area contributed by atoms with Crippen LogP contribution in [0.15, 0.2) is 18.2 Å². The SMILES string of the molecule is COC(=O)C(C(C)=O)c1ccc([N+](=O)[O-])cc1F. The second-order valence-corrected chi connectivity index (χ2v) is 3.53. The number of nitro groups is 1. The van der Waals surface area contributed by atoms with E-state index in [1.54, 1.807) is 0 Å². The van der Waals surface area contributed by atoms with Gasteiger partial charge in [0.2, 0.25) is 0 Å². The molecule has 0 aliphatic heterocycles. The number of hydrogen-bond donors (Lipinski definition) is 0. The number of esters is 1. The average Bonchev–Trinajstić information content (AvgIpc) is 2.30. The van der Waals surface area contributed by atoms with Crippen LogP contribution in [-0.4, -0.2) is 23.8 Å². The van der Waals surface area contributed by atoms with E-state index in [2.05, 4.69) is 4.74 Å². The lowest BCUT2D eigenvalue weighted by Crippen LogP contribution is -2.22. The lowest BCUT2D eigenvalue weighted by molar-refractivity contribution is -0.385. The number of Topliss-reactive ketones (excluding diaryl/α,β-unsaturated/α-hetero) is 1. The number of benzene rings is 1. The zero-order valence-electron chi connectivity index (χ0n) is 9.68. The number of carbonyl (C=O) groups excluding carboxylic acids is 2. The second kappa shape index (κ2) is 5.35. The van der Waals surface area contributed by atoms with Crippen molar-refractivity contribution in [3.63, 3.8) is 0 Å². The van der Waals surface area contributed by atoms with E-state index >= 15 is 0 Å². The molecule has 0 N–H and O–H groups in total. The molecule has 0 aliphatic rings. The van der Waals surface area contributed by atoms with Gasteiger partial charge in [-0.2, -0.15) is 0 Å². The number of nitrogens with zero attached hydrogens (tertiary/aromatic N) is 1. The monoisotopic (exact) mass is 255 g/mol. The minimum atomic E-state index is -1.41. The summed E-state index contributed by atoms with van der Waals surface area (Å²) in [6.45, 7) is 1.11. The third-order valence-electron chi connectivity index (χ3n) is 2.35. The summed E-state index contributed by atoms with van der Waals surface area (Å²) in [5.74, 6) is -3.91. The highest BCUT2D eigenvalue weighted by Crippen LogP contribution is 2.25. The van der Waals surface area contributed by atoms with Gasteiger partial charge in [-0.25, -0.2) is 4.39 Å². The standard InChI is InChI=1S/C11H10FNO5/c1-6(14)10(11(15)18-2)8-4-3-7(13(16)17)5-9(8)12/h3-5,10H,1-2H3. The minimum absolute atomic E-state index is 0.236. The van der Waals surface area contributed by atoms with E-state index < -0.39 is 34.1 Å². The van der Waals surface area contributed by atoms with Crippen molar-refractivity contribution >= 4 is 17.4 Å². The molecular formula is C11H10FNO5. The highest BCUT2D eigenvalue weighted by Gasteiger charge is 2.29. The lowest BCUT2D eigenvalue weighted by atomic mass is 9.95. The third kappa shape index (κ3) is 2.68. The Labute approximate surface area is 102 Å². The van der Waals surface area contributed by atoms with Gasteiger partial charge in [0.05, 0.1) is 18.1 Å². The van der Waals surface area contributed by atoms with E-state index in [0.717, 1.165) is 26.2 Å². The maximum absolute atomic E-state index is 13.7. The number of nitro benzene ring substituents is 1. The Morgan fingerprint density at radius 3 is 2.44 bits per heavy atom. The molecule has 18 heavy (non-hydrogen) atoms.